The zero-order valence-electron chi connectivity index (χ0n) is 13.5. The molecule has 0 aliphatic heterocycles. The second kappa shape index (κ2) is 14.8. The third-order valence-corrected chi connectivity index (χ3v) is 3.75. The van der Waals surface area contributed by atoms with Crippen molar-refractivity contribution in [3.63, 3.8) is 0 Å². The van der Waals surface area contributed by atoms with Crippen LogP contribution in [0.1, 0.15) is 90.4 Å². The zero-order valence-corrected chi connectivity index (χ0v) is 13.5. The standard InChI is InChI=1S/C17H33FO2/c1-3-4-5-10-13-16(18)14-11-8-6-7-9-12-15-17(19)20-2/h16H,3-15H2,1-2H3/t16-/m0/s1. The summed E-state index contributed by atoms with van der Waals surface area (Å²) in [6, 6.07) is 0. The first-order chi connectivity index (χ1) is 9.70. The van der Waals surface area contributed by atoms with Crippen molar-refractivity contribution in [2.24, 2.45) is 0 Å². The van der Waals surface area contributed by atoms with Crippen LogP contribution < -0.4 is 0 Å². The molecule has 0 saturated carbocycles. The second-order valence-corrected chi connectivity index (χ2v) is 5.68. The quantitative estimate of drug-likeness (QED) is 0.308. The molecule has 0 rings (SSSR count). The number of hydrogen-bond acceptors (Lipinski definition) is 2. The maximum atomic E-state index is 13.5. The fourth-order valence-electron chi connectivity index (χ4n) is 2.38. The van der Waals surface area contributed by atoms with Crippen molar-refractivity contribution in [3.8, 4) is 0 Å². The number of halogens is 1. The van der Waals surface area contributed by atoms with Gasteiger partial charge in [-0.2, -0.15) is 0 Å². The molecule has 0 aromatic rings. The predicted molar refractivity (Wildman–Crippen MR) is 82.6 cm³/mol. The largest absolute Gasteiger partial charge is 0.469 e. The second-order valence-electron chi connectivity index (χ2n) is 5.68. The topological polar surface area (TPSA) is 26.3 Å². The molecule has 0 amide bonds. The Bertz CT molecular complexity index is 219. The van der Waals surface area contributed by atoms with Gasteiger partial charge in [0.2, 0.25) is 0 Å². The number of carbonyl (C=O) groups excluding carboxylic acids is 1. The van der Waals surface area contributed by atoms with E-state index in [1.54, 1.807) is 0 Å². The predicted octanol–water partition coefficient (Wildman–Crippen LogP) is 5.59. The Labute approximate surface area is 124 Å². The molecule has 0 radical (unpaired) electrons. The van der Waals surface area contributed by atoms with Crippen LogP contribution in [0.4, 0.5) is 4.39 Å². The summed E-state index contributed by atoms with van der Waals surface area (Å²) < 4.78 is 18.1. The SMILES string of the molecule is CCCCCC[C@H](F)CCCCCCCCC(=O)OC. The monoisotopic (exact) mass is 288 g/mol. The van der Waals surface area contributed by atoms with Crippen LogP contribution in [0.15, 0.2) is 0 Å². The average Bonchev–Trinajstić information content (AvgIpc) is 2.46. The van der Waals surface area contributed by atoms with E-state index in [2.05, 4.69) is 11.7 Å². The Morgan fingerprint density at radius 1 is 0.900 bits per heavy atom. The summed E-state index contributed by atoms with van der Waals surface area (Å²) in [5.41, 5.74) is 0. The van der Waals surface area contributed by atoms with Crippen molar-refractivity contribution in [2.45, 2.75) is 96.6 Å². The van der Waals surface area contributed by atoms with Gasteiger partial charge in [-0.1, -0.05) is 64.7 Å². The van der Waals surface area contributed by atoms with E-state index in [1.807, 2.05) is 0 Å². The fraction of sp³-hybridized carbons (Fsp3) is 0.941. The Hall–Kier alpha value is -0.600. The zero-order chi connectivity index (χ0) is 15.1. The first-order valence-electron chi connectivity index (χ1n) is 8.41. The van der Waals surface area contributed by atoms with Gasteiger partial charge in [-0.3, -0.25) is 4.79 Å². The van der Waals surface area contributed by atoms with Crippen LogP contribution in [-0.2, 0) is 9.53 Å². The van der Waals surface area contributed by atoms with Gasteiger partial charge >= 0.3 is 5.97 Å². The summed E-state index contributed by atoms with van der Waals surface area (Å²) in [5.74, 6) is -0.117. The molecule has 0 aromatic carbocycles. The maximum absolute atomic E-state index is 13.5. The lowest BCUT2D eigenvalue weighted by Gasteiger charge is -2.07. The van der Waals surface area contributed by atoms with E-state index in [9.17, 15) is 9.18 Å². The Balaban J connectivity index is 3.17. The number of rotatable bonds is 14. The van der Waals surface area contributed by atoms with Gasteiger partial charge in [0, 0.05) is 6.42 Å². The van der Waals surface area contributed by atoms with Crippen LogP contribution in [0.25, 0.3) is 0 Å². The van der Waals surface area contributed by atoms with Crippen molar-refractivity contribution >= 4 is 5.97 Å². The highest BCUT2D eigenvalue weighted by Gasteiger charge is 2.05. The Morgan fingerprint density at radius 3 is 1.95 bits per heavy atom. The molecule has 3 heteroatoms. The molecule has 0 N–H and O–H groups in total. The normalized spacial score (nSPS) is 12.3. The molecule has 20 heavy (non-hydrogen) atoms. The molecule has 0 aromatic heterocycles. The Morgan fingerprint density at radius 2 is 1.40 bits per heavy atom. The molecule has 0 saturated heterocycles. The minimum absolute atomic E-state index is 0.117. The van der Waals surface area contributed by atoms with Crippen molar-refractivity contribution in [2.75, 3.05) is 7.11 Å². The molecule has 0 bridgehead atoms. The van der Waals surface area contributed by atoms with Crippen LogP contribution in [0.5, 0.6) is 0 Å². The van der Waals surface area contributed by atoms with Crippen molar-refractivity contribution in [3.05, 3.63) is 0 Å². The van der Waals surface area contributed by atoms with Crippen molar-refractivity contribution in [1.82, 2.24) is 0 Å². The molecule has 0 aliphatic rings. The number of esters is 1. The minimum Gasteiger partial charge on any atom is -0.469 e. The lowest BCUT2D eigenvalue weighted by Crippen LogP contribution is -2.00. The van der Waals surface area contributed by atoms with Gasteiger partial charge < -0.3 is 4.74 Å². The highest BCUT2D eigenvalue weighted by molar-refractivity contribution is 5.68. The van der Waals surface area contributed by atoms with Gasteiger partial charge in [-0.05, 0) is 19.3 Å². The lowest BCUT2D eigenvalue weighted by molar-refractivity contribution is -0.140. The van der Waals surface area contributed by atoms with Crippen molar-refractivity contribution in [1.29, 1.82) is 0 Å². The summed E-state index contributed by atoms with van der Waals surface area (Å²) >= 11 is 0. The van der Waals surface area contributed by atoms with E-state index in [0.29, 0.717) is 6.42 Å². The van der Waals surface area contributed by atoms with Gasteiger partial charge in [0.1, 0.15) is 6.17 Å². The lowest BCUT2D eigenvalue weighted by atomic mass is 10.0. The van der Waals surface area contributed by atoms with Crippen LogP contribution in [0.3, 0.4) is 0 Å². The van der Waals surface area contributed by atoms with Crippen molar-refractivity contribution < 1.29 is 13.9 Å². The average molecular weight is 288 g/mol. The summed E-state index contributed by atoms with van der Waals surface area (Å²) in [7, 11) is 1.43. The van der Waals surface area contributed by atoms with Gasteiger partial charge in [-0.25, -0.2) is 4.39 Å². The van der Waals surface area contributed by atoms with E-state index in [0.717, 1.165) is 57.8 Å². The van der Waals surface area contributed by atoms with Crippen LogP contribution in [0, 0.1) is 0 Å². The summed E-state index contributed by atoms with van der Waals surface area (Å²) in [4.78, 5) is 10.9. The van der Waals surface area contributed by atoms with E-state index in [-0.39, 0.29) is 5.97 Å². The summed E-state index contributed by atoms with van der Waals surface area (Å²) in [6.45, 7) is 2.18. The van der Waals surface area contributed by atoms with E-state index < -0.39 is 6.17 Å². The summed E-state index contributed by atoms with van der Waals surface area (Å²) in [5, 5.41) is 0. The van der Waals surface area contributed by atoms with Gasteiger partial charge in [-0.15, -0.1) is 0 Å². The molecule has 0 fully saturated rings. The number of hydrogen-bond donors (Lipinski definition) is 0. The first-order valence-corrected chi connectivity index (χ1v) is 8.41. The van der Waals surface area contributed by atoms with Gasteiger partial charge in [0.05, 0.1) is 7.11 Å². The van der Waals surface area contributed by atoms with Crippen LogP contribution in [0.2, 0.25) is 0 Å². The summed E-state index contributed by atoms with van der Waals surface area (Å²) in [6.07, 6.45) is 12.5. The molecular formula is C17H33FO2. The number of unbranched alkanes of at least 4 members (excludes halogenated alkanes) is 8. The number of alkyl halides is 1. The van der Waals surface area contributed by atoms with Crippen LogP contribution in [-0.4, -0.2) is 19.3 Å². The highest BCUT2D eigenvalue weighted by atomic mass is 19.1. The third-order valence-electron chi connectivity index (χ3n) is 3.75. The first kappa shape index (κ1) is 19.4. The number of carbonyl (C=O) groups is 1. The van der Waals surface area contributed by atoms with E-state index in [1.165, 1.54) is 26.4 Å². The Kier molecular flexibility index (Phi) is 14.4. The maximum Gasteiger partial charge on any atom is 0.305 e. The molecule has 120 valence electrons. The number of methoxy groups -OCH3 is 1. The number of ether oxygens (including phenoxy) is 1. The third kappa shape index (κ3) is 13.8. The minimum atomic E-state index is -0.591. The highest BCUT2D eigenvalue weighted by Crippen LogP contribution is 2.15. The van der Waals surface area contributed by atoms with Gasteiger partial charge in [0.25, 0.3) is 0 Å². The van der Waals surface area contributed by atoms with E-state index in [4.69, 9.17) is 0 Å². The molecule has 1 atom stereocenters. The molecule has 2 nitrogen and oxygen atoms in total. The smallest absolute Gasteiger partial charge is 0.305 e. The molecule has 0 heterocycles. The molecule has 0 spiro atoms. The fourth-order valence-corrected chi connectivity index (χ4v) is 2.38. The van der Waals surface area contributed by atoms with E-state index >= 15 is 0 Å². The molecule has 0 aliphatic carbocycles. The van der Waals surface area contributed by atoms with Gasteiger partial charge in [0.15, 0.2) is 0 Å². The molecular weight excluding hydrogens is 255 g/mol. The van der Waals surface area contributed by atoms with Crippen LogP contribution >= 0.6 is 0 Å². The molecule has 0 unspecified atom stereocenters.